The second kappa shape index (κ2) is 9.12. The van der Waals surface area contributed by atoms with E-state index in [1.807, 2.05) is 6.92 Å². The van der Waals surface area contributed by atoms with Crippen molar-refractivity contribution < 1.29 is 9.13 Å². The fraction of sp³-hybridized carbons (Fsp3) is 0.519. The van der Waals surface area contributed by atoms with Gasteiger partial charge in [-0.25, -0.2) is 19.4 Å². The fourth-order valence-electron chi connectivity index (χ4n) is 6.02. The van der Waals surface area contributed by atoms with Crippen LogP contribution in [0.3, 0.4) is 0 Å². The summed E-state index contributed by atoms with van der Waals surface area (Å²) >= 11 is 0. The van der Waals surface area contributed by atoms with Crippen LogP contribution in [0.1, 0.15) is 41.5 Å². The smallest absolute Gasteiger partial charge is 0.237 e. The lowest BCUT2D eigenvalue weighted by molar-refractivity contribution is 0.149. The van der Waals surface area contributed by atoms with Crippen LogP contribution >= 0.6 is 0 Å². The Kier molecular flexibility index (Phi) is 5.92. The number of nitrogens with two attached hydrogens (primary N) is 1. The predicted molar refractivity (Wildman–Crippen MR) is 141 cm³/mol. The summed E-state index contributed by atoms with van der Waals surface area (Å²) in [6.07, 6.45) is 3.93. The third-order valence-corrected chi connectivity index (χ3v) is 8.33. The van der Waals surface area contributed by atoms with Crippen LogP contribution in [0.15, 0.2) is 34.4 Å². The van der Waals surface area contributed by atoms with Crippen molar-refractivity contribution in [2.45, 2.75) is 63.4 Å². The lowest BCUT2D eigenvalue weighted by Crippen LogP contribution is -2.53. The first-order valence-corrected chi connectivity index (χ1v) is 12.9. The van der Waals surface area contributed by atoms with Crippen LogP contribution in [0.4, 0.5) is 15.8 Å². The number of aromatic nitrogens is 1. The minimum atomic E-state index is -1.20. The van der Waals surface area contributed by atoms with Gasteiger partial charge in [-0.2, -0.15) is 0 Å². The molecule has 5 unspecified atom stereocenters. The van der Waals surface area contributed by atoms with E-state index in [1.54, 1.807) is 12.4 Å². The van der Waals surface area contributed by atoms with Crippen molar-refractivity contribution in [1.82, 2.24) is 9.88 Å². The van der Waals surface area contributed by atoms with Gasteiger partial charge < -0.3 is 21.1 Å². The van der Waals surface area contributed by atoms with E-state index in [0.717, 1.165) is 35.5 Å². The van der Waals surface area contributed by atoms with Crippen LogP contribution in [-0.2, 0) is 13.0 Å². The number of rotatable bonds is 2. The summed E-state index contributed by atoms with van der Waals surface area (Å²) in [4.78, 5) is 16.3. The van der Waals surface area contributed by atoms with Crippen LogP contribution < -0.4 is 21.1 Å². The summed E-state index contributed by atoms with van der Waals surface area (Å²) in [6, 6.07) is 6.18. The zero-order chi connectivity index (χ0) is 25.0. The highest BCUT2D eigenvalue weighted by atomic mass is 19.1. The highest BCUT2D eigenvalue weighted by molar-refractivity contribution is 6.00. The number of hydrogen-bond donors (Lipinski definition) is 3. The molecule has 1 aliphatic carbocycles. The standard InChI is InChI=1S/C27H34FN7O/c1-14-8-16-4-5-18(9-17(16)13-35(14)3)33-27-32-12-21-22(34-27)10-19(23(28)24(21)29)20-11-31-26-25(15(20)2)30-6-7-36-26/h4-5,9,11-12,14,19,21-24,30H,6-8,10,13,29H2,1-3H3,(H,33,34)/t14-,19?,21?,22?,23?,24?/m0/s1. The van der Waals surface area contributed by atoms with E-state index in [1.165, 1.54) is 11.1 Å². The number of nitrogens with zero attached hydrogens (tertiary/aromatic N) is 4. The summed E-state index contributed by atoms with van der Waals surface area (Å²) in [5.41, 5.74) is 12.8. The zero-order valence-corrected chi connectivity index (χ0v) is 21.0. The molecule has 0 spiro atoms. The van der Waals surface area contributed by atoms with Gasteiger partial charge in [0.15, 0.2) is 0 Å². The molecule has 1 fully saturated rings. The maximum atomic E-state index is 15.6. The van der Waals surface area contributed by atoms with Gasteiger partial charge >= 0.3 is 0 Å². The molecule has 0 radical (unpaired) electrons. The van der Waals surface area contributed by atoms with Gasteiger partial charge in [0.05, 0.1) is 6.04 Å². The van der Waals surface area contributed by atoms with Crippen LogP contribution in [0.5, 0.6) is 5.88 Å². The highest BCUT2D eigenvalue weighted by Gasteiger charge is 2.45. The summed E-state index contributed by atoms with van der Waals surface area (Å²) < 4.78 is 21.3. The quantitative estimate of drug-likeness (QED) is 0.596. The molecular formula is C27H34FN7O. The molecule has 6 rings (SSSR count). The third kappa shape index (κ3) is 4.04. The van der Waals surface area contributed by atoms with Crippen molar-refractivity contribution in [2.75, 3.05) is 30.8 Å². The van der Waals surface area contributed by atoms with E-state index < -0.39 is 12.2 Å². The largest absolute Gasteiger partial charge is 0.474 e. The van der Waals surface area contributed by atoms with Crippen LogP contribution in [0.2, 0.25) is 0 Å². The van der Waals surface area contributed by atoms with Gasteiger partial charge in [-0.15, -0.1) is 0 Å². The van der Waals surface area contributed by atoms with Gasteiger partial charge in [0.2, 0.25) is 11.8 Å². The number of benzene rings is 1. The fourth-order valence-corrected chi connectivity index (χ4v) is 6.02. The second-order valence-electron chi connectivity index (χ2n) is 10.6. The minimum absolute atomic E-state index is 0.152. The number of fused-ring (bicyclic) bond motifs is 3. The monoisotopic (exact) mass is 491 g/mol. The third-order valence-electron chi connectivity index (χ3n) is 8.33. The van der Waals surface area contributed by atoms with Gasteiger partial charge in [-0.05, 0) is 68.1 Å². The number of ether oxygens (including phenoxy) is 1. The van der Waals surface area contributed by atoms with Gasteiger partial charge in [-0.3, -0.25) is 4.90 Å². The Morgan fingerprint density at radius 3 is 3.00 bits per heavy atom. The molecule has 0 amide bonds. The Morgan fingerprint density at radius 2 is 2.14 bits per heavy atom. The molecule has 1 aromatic carbocycles. The number of pyridine rings is 1. The van der Waals surface area contributed by atoms with E-state index in [2.05, 4.69) is 57.7 Å². The Bertz CT molecular complexity index is 1230. The summed E-state index contributed by atoms with van der Waals surface area (Å²) in [6.45, 7) is 6.46. The molecule has 36 heavy (non-hydrogen) atoms. The van der Waals surface area contributed by atoms with Crippen molar-refractivity contribution >= 4 is 23.5 Å². The minimum Gasteiger partial charge on any atom is -0.474 e. The number of guanidine groups is 1. The van der Waals surface area contributed by atoms with Crippen molar-refractivity contribution in [1.29, 1.82) is 0 Å². The first-order valence-electron chi connectivity index (χ1n) is 12.9. The molecule has 4 N–H and O–H groups in total. The molecule has 1 saturated carbocycles. The van der Waals surface area contributed by atoms with E-state index in [0.29, 0.717) is 37.5 Å². The lowest BCUT2D eigenvalue weighted by Gasteiger charge is -2.41. The zero-order valence-electron chi connectivity index (χ0n) is 21.0. The Labute approximate surface area is 211 Å². The first kappa shape index (κ1) is 23.4. The van der Waals surface area contributed by atoms with Crippen LogP contribution in [0.25, 0.3) is 0 Å². The molecule has 6 atom stereocenters. The predicted octanol–water partition coefficient (Wildman–Crippen LogP) is 3.26. The molecule has 4 aliphatic rings. The molecule has 190 valence electrons. The number of halogens is 1. The molecule has 1 aromatic heterocycles. The topological polar surface area (TPSA) is 100 Å². The number of hydrogen-bond acceptors (Lipinski definition) is 8. The van der Waals surface area contributed by atoms with Crippen molar-refractivity contribution in [3.8, 4) is 5.88 Å². The van der Waals surface area contributed by atoms with Crippen LogP contribution in [0, 0.1) is 12.8 Å². The Morgan fingerprint density at radius 1 is 1.28 bits per heavy atom. The second-order valence-corrected chi connectivity index (χ2v) is 10.6. The number of likely N-dealkylation sites (N-methyl/N-ethyl adjacent to an activating group) is 1. The van der Waals surface area contributed by atoms with Gasteiger partial charge in [0.1, 0.15) is 18.5 Å². The van der Waals surface area contributed by atoms with Gasteiger partial charge in [0.25, 0.3) is 0 Å². The summed E-state index contributed by atoms with van der Waals surface area (Å²) in [5, 5.41) is 6.73. The number of nitrogens with one attached hydrogen (secondary N) is 2. The molecule has 0 bridgehead atoms. The Balaban J connectivity index is 1.24. The van der Waals surface area contributed by atoms with Crippen LogP contribution in [-0.4, -0.2) is 66.6 Å². The highest BCUT2D eigenvalue weighted by Crippen LogP contribution is 2.43. The van der Waals surface area contributed by atoms with E-state index >= 15 is 4.39 Å². The maximum absolute atomic E-state index is 15.6. The number of anilines is 2. The molecule has 3 aliphatic heterocycles. The average molecular weight is 492 g/mol. The maximum Gasteiger partial charge on any atom is 0.237 e. The Hall–Kier alpha value is -3.04. The van der Waals surface area contributed by atoms with E-state index in [-0.39, 0.29) is 17.9 Å². The van der Waals surface area contributed by atoms with Gasteiger partial charge in [0, 0.05) is 55.1 Å². The molecule has 9 heteroatoms. The van der Waals surface area contributed by atoms with Gasteiger partial charge in [-0.1, -0.05) is 6.07 Å². The summed E-state index contributed by atoms with van der Waals surface area (Å²) in [5.74, 6) is 0.511. The SMILES string of the molecule is Cc1c(C2CC3N=C(Nc4ccc5c(c4)CN(C)[C@@H](C)C5)N=CC3C(N)C2F)cnc2c1NCCO2. The first-order chi connectivity index (χ1) is 17.4. The molecule has 8 nitrogen and oxygen atoms in total. The lowest BCUT2D eigenvalue weighted by atomic mass is 9.71. The average Bonchev–Trinajstić information content (AvgIpc) is 2.88. The van der Waals surface area contributed by atoms with E-state index in [4.69, 9.17) is 15.5 Å². The van der Waals surface area contributed by atoms with E-state index in [9.17, 15) is 0 Å². The van der Waals surface area contributed by atoms with Crippen molar-refractivity contribution in [2.24, 2.45) is 21.6 Å². The molecular weight excluding hydrogens is 457 g/mol. The number of alkyl halides is 1. The normalized spacial score (nSPS) is 31.3. The van der Waals surface area contributed by atoms with Crippen molar-refractivity contribution in [3.05, 3.63) is 46.6 Å². The summed E-state index contributed by atoms with van der Waals surface area (Å²) in [7, 11) is 2.16. The van der Waals surface area contributed by atoms with Crippen molar-refractivity contribution in [3.63, 3.8) is 0 Å². The molecule has 0 saturated heterocycles. The molecule has 2 aromatic rings. The molecule has 4 heterocycles. The number of aliphatic imine (C=N–C) groups is 2.